The lowest BCUT2D eigenvalue weighted by molar-refractivity contribution is -0.136. The Labute approximate surface area is 115 Å². The molecular formula is C15H26N2O2. The number of carbonyl (C=O) groups is 2. The van der Waals surface area contributed by atoms with Crippen LogP contribution in [0.4, 0.5) is 0 Å². The van der Waals surface area contributed by atoms with Crippen molar-refractivity contribution in [2.24, 2.45) is 5.41 Å². The van der Waals surface area contributed by atoms with E-state index in [4.69, 9.17) is 0 Å². The van der Waals surface area contributed by atoms with Crippen LogP contribution in [0.5, 0.6) is 0 Å². The van der Waals surface area contributed by atoms with Gasteiger partial charge in [-0.25, -0.2) is 0 Å². The number of nitrogens with one attached hydrogen (secondary N) is 1. The van der Waals surface area contributed by atoms with E-state index in [1.54, 1.807) is 11.8 Å². The van der Waals surface area contributed by atoms with Gasteiger partial charge in [0.1, 0.15) is 6.04 Å². The van der Waals surface area contributed by atoms with E-state index in [1.807, 2.05) is 0 Å². The van der Waals surface area contributed by atoms with E-state index < -0.39 is 0 Å². The molecule has 2 fully saturated rings. The van der Waals surface area contributed by atoms with Crippen molar-refractivity contribution in [1.82, 2.24) is 10.2 Å². The topological polar surface area (TPSA) is 49.4 Å². The highest BCUT2D eigenvalue weighted by atomic mass is 16.2. The quantitative estimate of drug-likeness (QED) is 0.847. The maximum atomic E-state index is 12.1. The van der Waals surface area contributed by atoms with Crippen molar-refractivity contribution in [3.63, 3.8) is 0 Å². The number of amides is 2. The molecule has 1 N–H and O–H groups in total. The van der Waals surface area contributed by atoms with Crippen LogP contribution in [0.2, 0.25) is 0 Å². The lowest BCUT2D eigenvalue weighted by Gasteiger charge is -2.25. The highest BCUT2D eigenvalue weighted by Crippen LogP contribution is 2.40. The van der Waals surface area contributed by atoms with Gasteiger partial charge >= 0.3 is 0 Å². The second kappa shape index (κ2) is 5.93. The van der Waals surface area contributed by atoms with Crippen LogP contribution in [-0.2, 0) is 9.59 Å². The molecule has 19 heavy (non-hydrogen) atoms. The largest absolute Gasteiger partial charge is 0.354 e. The summed E-state index contributed by atoms with van der Waals surface area (Å²) in [5.41, 5.74) is 0.420. The summed E-state index contributed by atoms with van der Waals surface area (Å²) in [7, 11) is 0. The summed E-state index contributed by atoms with van der Waals surface area (Å²) < 4.78 is 0. The molecular weight excluding hydrogens is 240 g/mol. The van der Waals surface area contributed by atoms with E-state index in [0.717, 1.165) is 32.4 Å². The molecule has 1 saturated carbocycles. The highest BCUT2D eigenvalue weighted by molar-refractivity contribution is 5.87. The minimum Gasteiger partial charge on any atom is -0.354 e. The Morgan fingerprint density at radius 2 is 1.95 bits per heavy atom. The van der Waals surface area contributed by atoms with E-state index in [-0.39, 0.29) is 17.9 Å². The number of nitrogens with zero attached hydrogens (tertiary/aromatic N) is 1. The molecule has 1 heterocycles. The predicted octanol–water partition coefficient (Wildman–Crippen LogP) is 2.08. The maximum absolute atomic E-state index is 12.1. The van der Waals surface area contributed by atoms with Crippen molar-refractivity contribution in [1.29, 1.82) is 0 Å². The zero-order chi connectivity index (χ0) is 13.9. The molecule has 2 aliphatic rings. The van der Waals surface area contributed by atoms with Crippen LogP contribution in [0, 0.1) is 5.41 Å². The van der Waals surface area contributed by atoms with Gasteiger partial charge in [0.05, 0.1) is 0 Å². The third kappa shape index (κ3) is 3.48. The molecule has 4 heteroatoms. The Morgan fingerprint density at radius 1 is 1.26 bits per heavy atom. The van der Waals surface area contributed by atoms with Gasteiger partial charge in [-0.15, -0.1) is 0 Å². The smallest absolute Gasteiger partial charge is 0.242 e. The summed E-state index contributed by atoms with van der Waals surface area (Å²) in [5, 5.41) is 3.03. The van der Waals surface area contributed by atoms with Crippen LogP contribution in [0.25, 0.3) is 0 Å². The maximum Gasteiger partial charge on any atom is 0.242 e. The van der Waals surface area contributed by atoms with Gasteiger partial charge in [0, 0.05) is 20.0 Å². The van der Waals surface area contributed by atoms with Crippen molar-refractivity contribution < 1.29 is 9.59 Å². The SMILES string of the molecule is CC(=O)N1CCCC1C(=O)NCCC1(C)CCCC1. The van der Waals surface area contributed by atoms with Gasteiger partial charge in [-0.1, -0.05) is 19.8 Å². The first kappa shape index (κ1) is 14.4. The fourth-order valence-electron chi connectivity index (χ4n) is 3.50. The van der Waals surface area contributed by atoms with Gasteiger partial charge in [0.2, 0.25) is 11.8 Å². The van der Waals surface area contributed by atoms with E-state index >= 15 is 0 Å². The fraction of sp³-hybridized carbons (Fsp3) is 0.867. The van der Waals surface area contributed by atoms with Crippen molar-refractivity contribution in [3.8, 4) is 0 Å². The lowest BCUT2D eigenvalue weighted by atomic mass is 9.85. The second-order valence-electron chi connectivity index (χ2n) is 6.43. The highest BCUT2D eigenvalue weighted by Gasteiger charge is 2.33. The third-order valence-corrected chi connectivity index (χ3v) is 4.80. The molecule has 2 amide bonds. The molecule has 4 nitrogen and oxygen atoms in total. The average Bonchev–Trinajstić information content (AvgIpc) is 2.97. The molecule has 0 bridgehead atoms. The zero-order valence-corrected chi connectivity index (χ0v) is 12.2. The summed E-state index contributed by atoms with van der Waals surface area (Å²) >= 11 is 0. The van der Waals surface area contributed by atoms with Crippen molar-refractivity contribution in [2.45, 2.75) is 64.8 Å². The van der Waals surface area contributed by atoms with Crippen molar-refractivity contribution in [3.05, 3.63) is 0 Å². The number of hydrogen-bond donors (Lipinski definition) is 1. The molecule has 0 aromatic heterocycles. The summed E-state index contributed by atoms with van der Waals surface area (Å²) in [6.07, 6.45) is 8.03. The first-order valence-electron chi connectivity index (χ1n) is 7.57. The summed E-state index contributed by atoms with van der Waals surface area (Å²) in [6.45, 7) is 5.34. The summed E-state index contributed by atoms with van der Waals surface area (Å²) in [4.78, 5) is 25.3. The third-order valence-electron chi connectivity index (χ3n) is 4.80. The first-order valence-corrected chi connectivity index (χ1v) is 7.57. The summed E-state index contributed by atoms with van der Waals surface area (Å²) in [6, 6.07) is -0.228. The van der Waals surface area contributed by atoms with Gasteiger partial charge in [0.15, 0.2) is 0 Å². The minimum absolute atomic E-state index is 0.0143. The van der Waals surface area contributed by atoms with Gasteiger partial charge < -0.3 is 10.2 Å². The Kier molecular flexibility index (Phi) is 4.48. The molecule has 1 aliphatic heterocycles. The van der Waals surface area contributed by atoms with Crippen LogP contribution >= 0.6 is 0 Å². The molecule has 0 radical (unpaired) electrons. The van der Waals surface area contributed by atoms with Crippen LogP contribution in [-0.4, -0.2) is 35.8 Å². The molecule has 0 aromatic rings. The number of likely N-dealkylation sites (tertiary alicyclic amines) is 1. The van der Waals surface area contributed by atoms with Crippen LogP contribution in [0.1, 0.15) is 58.8 Å². The molecule has 0 aromatic carbocycles. The Morgan fingerprint density at radius 3 is 2.58 bits per heavy atom. The average molecular weight is 266 g/mol. The van der Waals surface area contributed by atoms with E-state index in [1.165, 1.54) is 25.7 Å². The Balaban J connectivity index is 1.76. The second-order valence-corrected chi connectivity index (χ2v) is 6.43. The van der Waals surface area contributed by atoms with E-state index in [9.17, 15) is 9.59 Å². The number of rotatable bonds is 4. The van der Waals surface area contributed by atoms with Crippen LogP contribution in [0.15, 0.2) is 0 Å². The standard InChI is InChI=1S/C15H26N2O2/c1-12(18)17-11-5-6-13(17)14(19)16-10-9-15(2)7-3-4-8-15/h13H,3-11H2,1-2H3,(H,16,19). The first-order chi connectivity index (χ1) is 9.02. The molecule has 108 valence electrons. The van der Waals surface area contributed by atoms with E-state index in [2.05, 4.69) is 12.2 Å². The van der Waals surface area contributed by atoms with Gasteiger partial charge in [-0.2, -0.15) is 0 Å². The fourth-order valence-corrected chi connectivity index (χ4v) is 3.50. The zero-order valence-electron chi connectivity index (χ0n) is 12.2. The molecule has 0 spiro atoms. The van der Waals surface area contributed by atoms with Gasteiger partial charge in [-0.05, 0) is 37.5 Å². The lowest BCUT2D eigenvalue weighted by Crippen LogP contribution is -2.45. The molecule has 1 unspecified atom stereocenters. The molecule has 1 aliphatic carbocycles. The van der Waals surface area contributed by atoms with Crippen molar-refractivity contribution >= 4 is 11.8 Å². The number of hydrogen-bond acceptors (Lipinski definition) is 2. The molecule has 1 saturated heterocycles. The van der Waals surface area contributed by atoms with Crippen molar-refractivity contribution in [2.75, 3.05) is 13.1 Å². The van der Waals surface area contributed by atoms with Gasteiger partial charge in [-0.3, -0.25) is 9.59 Å². The monoisotopic (exact) mass is 266 g/mol. The minimum atomic E-state index is -0.228. The van der Waals surface area contributed by atoms with E-state index in [0.29, 0.717) is 5.41 Å². The summed E-state index contributed by atoms with van der Waals surface area (Å²) in [5.74, 6) is 0.0506. The van der Waals surface area contributed by atoms with Gasteiger partial charge in [0.25, 0.3) is 0 Å². The normalized spacial score (nSPS) is 25.6. The Hall–Kier alpha value is -1.06. The predicted molar refractivity (Wildman–Crippen MR) is 74.6 cm³/mol. The Bertz CT molecular complexity index is 348. The molecule has 2 rings (SSSR count). The van der Waals surface area contributed by atoms with Crippen LogP contribution in [0.3, 0.4) is 0 Å². The molecule has 1 atom stereocenters. The van der Waals surface area contributed by atoms with Crippen LogP contribution < -0.4 is 5.32 Å². The number of carbonyl (C=O) groups excluding carboxylic acids is 2.